The number of phenols is 1. The molecule has 10 heteroatoms. The van der Waals surface area contributed by atoms with Gasteiger partial charge in [-0.15, -0.1) is 0 Å². The number of carboxylic acids is 1. The zero-order chi connectivity index (χ0) is 26.7. The fourth-order valence-corrected chi connectivity index (χ4v) is 3.63. The SMILES string of the molecule is CC(C)CC(NC(=O)C(Cc1ccccc1)NC(=O)C(Cc1ccc(O)cc1)NC(=O)CN)C(=O)O. The Labute approximate surface area is 210 Å². The molecule has 2 rings (SSSR count). The summed E-state index contributed by atoms with van der Waals surface area (Å²) in [5.74, 6) is -2.91. The maximum absolute atomic E-state index is 13.3. The van der Waals surface area contributed by atoms with E-state index in [9.17, 15) is 29.4 Å². The molecule has 0 heterocycles. The first-order valence-electron chi connectivity index (χ1n) is 11.7. The van der Waals surface area contributed by atoms with Crippen LogP contribution in [0.3, 0.4) is 0 Å². The number of benzene rings is 2. The predicted molar refractivity (Wildman–Crippen MR) is 134 cm³/mol. The van der Waals surface area contributed by atoms with Gasteiger partial charge in [0.1, 0.15) is 23.9 Å². The van der Waals surface area contributed by atoms with Gasteiger partial charge in [-0.05, 0) is 35.6 Å². The summed E-state index contributed by atoms with van der Waals surface area (Å²) in [5.41, 5.74) is 6.83. The molecule has 10 nitrogen and oxygen atoms in total. The number of aromatic hydroxyl groups is 1. The molecule has 0 aliphatic heterocycles. The molecule has 36 heavy (non-hydrogen) atoms. The van der Waals surface area contributed by atoms with E-state index in [-0.39, 0.29) is 37.5 Å². The molecular formula is C26H34N4O6. The molecule has 2 aromatic rings. The Morgan fingerprint density at radius 3 is 1.78 bits per heavy atom. The van der Waals surface area contributed by atoms with Crippen LogP contribution >= 0.6 is 0 Å². The molecule has 7 N–H and O–H groups in total. The van der Waals surface area contributed by atoms with Crippen LogP contribution in [-0.4, -0.2) is 58.6 Å². The van der Waals surface area contributed by atoms with Crippen LogP contribution in [0.15, 0.2) is 54.6 Å². The third kappa shape index (κ3) is 9.38. The zero-order valence-corrected chi connectivity index (χ0v) is 20.4. The van der Waals surface area contributed by atoms with Crippen molar-refractivity contribution in [1.29, 1.82) is 0 Å². The third-order valence-electron chi connectivity index (χ3n) is 5.45. The number of rotatable bonds is 13. The van der Waals surface area contributed by atoms with Gasteiger partial charge in [-0.3, -0.25) is 14.4 Å². The van der Waals surface area contributed by atoms with Crippen LogP contribution in [0, 0.1) is 5.92 Å². The van der Waals surface area contributed by atoms with Gasteiger partial charge in [-0.25, -0.2) is 4.79 Å². The number of hydrogen-bond acceptors (Lipinski definition) is 6. The van der Waals surface area contributed by atoms with E-state index >= 15 is 0 Å². The lowest BCUT2D eigenvalue weighted by molar-refractivity contribution is -0.142. The molecule has 0 saturated carbocycles. The largest absolute Gasteiger partial charge is 0.508 e. The van der Waals surface area contributed by atoms with E-state index in [4.69, 9.17) is 5.73 Å². The third-order valence-corrected chi connectivity index (χ3v) is 5.45. The summed E-state index contributed by atoms with van der Waals surface area (Å²) in [6.07, 6.45) is 0.426. The number of nitrogens with one attached hydrogen (secondary N) is 3. The van der Waals surface area contributed by atoms with Crippen molar-refractivity contribution in [3.05, 3.63) is 65.7 Å². The summed E-state index contributed by atoms with van der Waals surface area (Å²) in [7, 11) is 0. The van der Waals surface area contributed by atoms with Crippen molar-refractivity contribution in [3.8, 4) is 5.75 Å². The molecule has 0 radical (unpaired) electrons. The van der Waals surface area contributed by atoms with Crippen LogP contribution in [0.25, 0.3) is 0 Å². The van der Waals surface area contributed by atoms with Gasteiger partial charge < -0.3 is 31.9 Å². The Bertz CT molecular complexity index is 1030. The Morgan fingerprint density at radius 2 is 1.28 bits per heavy atom. The first-order valence-corrected chi connectivity index (χ1v) is 11.7. The average Bonchev–Trinajstić information content (AvgIpc) is 2.84. The maximum Gasteiger partial charge on any atom is 0.326 e. The number of carboxylic acid groups (broad SMARTS) is 1. The minimum Gasteiger partial charge on any atom is -0.508 e. The molecule has 3 unspecified atom stereocenters. The first kappa shape index (κ1) is 28.3. The molecule has 0 saturated heterocycles. The lowest BCUT2D eigenvalue weighted by Crippen LogP contribution is -2.57. The number of carbonyl (C=O) groups excluding carboxylic acids is 3. The summed E-state index contributed by atoms with van der Waals surface area (Å²) in [6.45, 7) is 3.36. The topological polar surface area (TPSA) is 171 Å². The highest BCUT2D eigenvalue weighted by molar-refractivity contribution is 5.93. The van der Waals surface area contributed by atoms with E-state index < -0.39 is 41.8 Å². The summed E-state index contributed by atoms with van der Waals surface area (Å²) in [6, 6.07) is 11.9. The van der Waals surface area contributed by atoms with Gasteiger partial charge in [0.2, 0.25) is 17.7 Å². The fourth-order valence-electron chi connectivity index (χ4n) is 3.63. The van der Waals surface area contributed by atoms with Gasteiger partial charge in [0.15, 0.2) is 0 Å². The van der Waals surface area contributed by atoms with Crippen LogP contribution < -0.4 is 21.7 Å². The van der Waals surface area contributed by atoms with E-state index in [0.717, 1.165) is 5.56 Å². The maximum atomic E-state index is 13.3. The number of nitrogens with two attached hydrogens (primary N) is 1. The number of carbonyl (C=O) groups is 4. The molecule has 0 aromatic heterocycles. The number of phenolic OH excluding ortho intramolecular Hbond substituents is 1. The van der Waals surface area contributed by atoms with Crippen molar-refractivity contribution in [2.45, 2.75) is 51.2 Å². The summed E-state index contributed by atoms with van der Waals surface area (Å²) >= 11 is 0. The lowest BCUT2D eigenvalue weighted by atomic mass is 10.0. The molecule has 0 aliphatic rings. The minimum atomic E-state index is -1.16. The Morgan fingerprint density at radius 1 is 0.778 bits per heavy atom. The predicted octanol–water partition coefficient (Wildman–Crippen LogP) is 0.721. The normalized spacial score (nSPS) is 13.3. The molecular weight excluding hydrogens is 464 g/mol. The average molecular weight is 499 g/mol. The highest BCUT2D eigenvalue weighted by Gasteiger charge is 2.30. The van der Waals surface area contributed by atoms with Crippen molar-refractivity contribution in [2.24, 2.45) is 11.7 Å². The molecule has 194 valence electrons. The summed E-state index contributed by atoms with van der Waals surface area (Å²) < 4.78 is 0. The first-order chi connectivity index (χ1) is 17.1. The van der Waals surface area contributed by atoms with E-state index in [1.54, 1.807) is 36.4 Å². The van der Waals surface area contributed by atoms with Crippen molar-refractivity contribution in [2.75, 3.05) is 6.54 Å². The van der Waals surface area contributed by atoms with Crippen LogP contribution in [0.2, 0.25) is 0 Å². The van der Waals surface area contributed by atoms with E-state index in [1.807, 2.05) is 19.9 Å². The molecule has 0 bridgehead atoms. The monoisotopic (exact) mass is 498 g/mol. The number of hydrogen-bond donors (Lipinski definition) is 6. The lowest BCUT2D eigenvalue weighted by Gasteiger charge is -2.25. The summed E-state index contributed by atoms with van der Waals surface area (Å²) in [5, 5.41) is 26.8. The Balaban J connectivity index is 2.27. The second-order valence-corrected chi connectivity index (χ2v) is 8.97. The molecule has 0 aliphatic carbocycles. The molecule has 0 spiro atoms. The second-order valence-electron chi connectivity index (χ2n) is 8.97. The Kier molecular flexibility index (Phi) is 10.9. The van der Waals surface area contributed by atoms with Crippen molar-refractivity contribution >= 4 is 23.7 Å². The fraction of sp³-hybridized carbons (Fsp3) is 0.385. The van der Waals surface area contributed by atoms with E-state index in [2.05, 4.69) is 16.0 Å². The molecule has 3 amide bonds. The second kappa shape index (κ2) is 13.8. The zero-order valence-electron chi connectivity index (χ0n) is 20.4. The van der Waals surface area contributed by atoms with Gasteiger partial charge in [-0.2, -0.15) is 0 Å². The highest BCUT2D eigenvalue weighted by atomic mass is 16.4. The number of amides is 3. The number of aliphatic carboxylic acids is 1. The van der Waals surface area contributed by atoms with Gasteiger partial charge in [0, 0.05) is 12.8 Å². The van der Waals surface area contributed by atoms with Crippen molar-refractivity contribution in [3.63, 3.8) is 0 Å². The van der Waals surface area contributed by atoms with Crippen LogP contribution in [0.5, 0.6) is 5.75 Å². The van der Waals surface area contributed by atoms with Crippen LogP contribution in [0.4, 0.5) is 0 Å². The quantitative estimate of drug-likeness (QED) is 0.236. The van der Waals surface area contributed by atoms with Crippen molar-refractivity contribution in [1.82, 2.24) is 16.0 Å². The van der Waals surface area contributed by atoms with E-state index in [1.165, 1.54) is 12.1 Å². The van der Waals surface area contributed by atoms with Crippen LogP contribution in [0.1, 0.15) is 31.4 Å². The van der Waals surface area contributed by atoms with E-state index in [0.29, 0.717) is 5.56 Å². The standard InChI is InChI=1S/C26H34N4O6/c1-16(2)12-22(26(35)36)30-25(34)21(13-17-6-4-3-5-7-17)29-24(33)20(28-23(32)15-27)14-18-8-10-19(31)11-9-18/h3-11,16,20-22,31H,12-15,27H2,1-2H3,(H,28,32)(H,29,33)(H,30,34)(H,35,36). The molecule has 2 aromatic carbocycles. The van der Waals surface area contributed by atoms with Crippen LogP contribution in [-0.2, 0) is 32.0 Å². The van der Waals surface area contributed by atoms with Gasteiger partial charge in [0.25, 0.3) is 0 Å². The highest BCUT2D eigenvalue weighted by Crippen LogP contribution is 2.12. The van der Waals surface area contributed by atoms with Gasteiger partial charge >= 0.3 is 5.97 Å². The summed E-state index contributed by atoms with van der Waals surface area (Å²) in [4.78, 5) is 50.1. The smallest absolute Gasteiger partial charge is 0.326 e. The Hall–Kier alpha value is -3.92. The molecule has 3 atom stereocenters. The van der Waals surface area contributed by atoms with Gasteiger partial charge in [-0.1, -0.05) is 56.3 Å². The molecule has 0 fully saturated rings. The van der Waals surface area contributed by atoms with Gasteiger partial charge in [0.05, 0.1) is 6.54 Å². The van der Waals surface area contributed by atoms with Crippen molar-refractivity contribution < 1.29 is 29.4 Å². The minimum absolute atomic E-state index is 0.0229.